The molecule has 0 radical (unpaired) electrons. The van der Waals surface area contributed by atoms with Crippen molar-refractivity contribution in [3.05, 3.63) is 67.8 Å². The van der Waals surface area contributed by atoms with Crippen LogP contribution in [0.25, 0.3) is 11.1 Å². The number of hydrogen-bond donors (Lipinski definition) is 1. The third-order valence-electron chi connectivity index (χ3n) is 3.97. The third kappa shape index (κ3) is 2.95. The lowest BCUT2D eigenvalue weighted by molar-refractivity contribution is 0.206. The van der Waals surface area contributed by atoms with E-state index in [1.807, 2.05) is 45.0 Å². The van der Waals surface area contributed by atoms with Crippen LogP contribution in [0.3, 0.4) is 0 Å². The van der Waals surface area contributed by atoms with E-state index in [0.717, 1.165) is 11.1 Å². The van der Waals surface area contributed by atoms with Crippen molar-refractivity contribution >= 4 is 11.1 Å². The first kappa shape index (κ1) is 16.0. The number of fused-ring (bicyclic) bond motifs is 1. The van der Waals surface area contributed by atoms with E-state index in [1.54, 1.807) is 0 Å². The zero-order chi connectivity index (χ0) is 17.3. The van der Waals surface area contributed by atoms with Gasteiger partial charge in [0.25, 0.3) is 11.6 Å². The number of H-pyrrole nitrogens is 1. The van der Waals surface area contributed by atoms with Gasteiger partial charge in [-0.1, -0.05) is 31.2 Å². The molecule has 1 N–H and O–H groups in total. The van der Waals surface area contributed by atoms with Crippen LogP contribution in [0.2, 0.25) is 0 Å². The topological polar surface area (TPSA) is 85.2 Å². The highest BCUT2D eigenvalue weighted by atomic mass is 16.5. The van der Waals surface area contributed by atoms with Gasteiger partial charge in [-0.3, -0.25) is 9.78 Å². The van der Waals surface area contributed by atoms with Crippen LogP contribution in [0.15, 0.2) is 44.3 Å². The molecule has 24 heavy (non-hydrogen) atoms. The Bertz CT molecular complexity index is 1000. The van der Waals surface area contributed by atoms with Gasteiger partial charge in [0.1, 0.15) is 11.5 Å². The first-order chi connectivity index (χ1) is 11.5. The molecule has 0 saturated heterocycles. The molecular weight excluding hydrogens is 308 g/mol. The second-order valence-corrected chi connectivity index (χ2v) is 5.61. The molecule has 2 heterocycles. The second-order valence-electron chi connectivity index (χ2n) is 5.61. The number of rotatable bonds is 4. The largest absolute Gasteiger partial charge is 0.457 e. The number of hydrogen-bond acceptors (Lipinski definition) is 5. The van der Waals surface area contributed by atoms with E-state index in [9.17, 15) is 9.59 Å². The van der Waals surface area contributed by atoms with Crippen LogP contribution in [-0.4, -0.2) is 9.97 Å². The molecule has 0 fully saturated rings. The van der Waals surface area contributed by atoms with Crippen molar-refractivity contribution in [2.24, 2.45) is 0 Å². The van der Waals surface area contributed by atoms with E-state index in [2.05, 4.69) is 9.97 Å². The molecule has 1 unspecified atom stereocenters. The molecule has 0 bridgehead atoms. The van der Waals surface area contributed by atoms with Crippen LogP contribution in [-0.2, 0) is 6.42 Å². The third-order valence-corrected chi connectivity index (χ3v) is 3.97. The van der Waals surface area contributed by atoms with Crippen LogP contribution >= 0.6 is 0 Å². The summed E-state index contributed by atoms with van der Waals surface area (Å²) in [6, 6.07) is 9.15. The summed E-state index contributed by atoms with van der Waals surface area (Å²) in [6.45, 7) is 5.71. The van der Waals surface area contributed by atoms with Crippen LogP contribution in [0, 0.1) is 6.92 Å². The minimum atomic E-state index is -0.532. The highest BCUT2D eigenvalue weighted by Gasteiger charge is 2.15. The Labute approximate surface area is 138 Å². The smallest absolute Gasteiger partial charge is 0.337 e. The molecule has 0 aliphatic rings. The lowest BCUT2D eigenvalue weighted by Gasteiger charge is -2.16. The molecule has 1 atom stereocenters. The normalized spacial score (nSPS) is 12.3. The first-order valence-electron chi connectivity index (χ1n) is 7.78. The molecule has 6 nitrogen and oxygen atoms in total. The van der Waals surface area contributed by atoms with Crippen molar-refractivity contribution in [2.75, 3.05) is 0 Å². The zero-order valence-corrected chi connectivity index (χ0v) is 13.8. The number of aryl methyl sites for hydroxylation is 2. The Morgan fingerprint density at radius 2 is 2.04 bits per heavy atom. The van der Waals surface area contributed by atoms with E-state index >= 15 is 0 Å². The van der Waals surface area contributed by atoms with E-state index in [4.69, 9.17) is 9.15 Å². The summed E-state index contributed by atoms with van der Waals surface area (Å²) in [6.07, 6.45) is 0.222. The highest BCUT2D eigenvalue weighted by Crippen LogP contribution is 2.22. The van der Waals surface area contributed by atoms with Gasteiger partial charge >= 0.3 is 5.63 Å². The van der Waals surface area contributed by atoms with E-state index < -0.39 is 5.63 Å². The Hall–Kier alpha value is -2.89. The maximum Gasteiger partial charge on any atom is 0.337 e. The minimum Gasteiger partial charge on any atom is -0.457 e. The van der Waals surface area contributed by atoms with Crippen molar-refractivity contribution in [3.63, 3.8) is 0 Å². The average molecular weight is 326 g/mol. The fourth-order valence-corrected chi connectivity index (χ4v) is 2.74. The summed E-state index contributed by atoms with van der Waals surface area (Å²) in [5.41, 5.74) is 1.75. The summed E-state index contributed by atoms with van der Waals surface area (Å²) in [5.74, 6) is 0. The monoisotopic (exact) mass is 326 g/mol. The van der Waals surface area contributed by atoms with Crippen LogP contribution < -0.4 is 15.9 Å². The fourth-order valence-electron chi connectivity index (χ4n) is 2.74. The number of aromatic nitrogens is 2. The Morgan fingerprint density at radius 3 is 2.75 bits per heavy atom. The molecule has 124 valence electrons. The molecule has 0 aliphatic heterocycles. The van der Waals surface area contributed by atoms with Crippen molar-refractivity contribution in [1.82, 2.24) is 9.97 Å². The lowest BCUT2D eigenvalue weighted by atomic mass is 10.1. The van der Waals surface area contributed by atoms with E-state index in [-0.39, 0.29) is 28.8 Å². The predicted molar refractivity (Wildman–Crippen MR) is 90.5 cm³/mol. The van der Waals surface area contributed by atoms with Gasteiger partial charge in [0, 0.05) is 6.07 Å². The molecule has 3 aromatic rings. The molecule has 1 aromatic carbocycles. The maximum absolute atomic E-state index is 12.3. The second kappa shape index (κ2) is 6.31. The maximum atomic E-state index is 12.3. The summed E-state index contributed by atoms with van der Waals surface area (Å²) in [5, 5.41) is 0.285. The van der Waals surface area contributed by atoms with Gasteiger partial charge in [0.05, 0.1) is 0 Å². The number of nitrogens with zero attached hydrogens (tertiary/aromatic N) is 1. The molecular formula is C18H18N2O4. The summed E-state index contributed by atoms with van der Waals surface area (Å²) < 4.78 is 10.8. The lowest BCUT2D eigenvalue weighted by Crippen LogP contribution is -2.16. The van der Waals surface area contributed by atoms with Gasteiger partial charge in [0.2, 0.25) is 5.71 Å². The number of ether oxygens (including phenoxy) is 1. The standard InChI is InChI=1S/C18H18N2O4/c1-4-12-9-14(21)24-17-15(12)16(22)19-18(20-17)23-11(3)13-8-6-5-7-10(13)2/h5-9,11H,4H2,1-3H3,(H,19,20,22). The molecule has 0 saturated carbocycles. The van der Waals surface area contributed by atoms with Gasteiger partial charge in [-0.25, -0.2) is 4.79 Å². The fraction of sp³-hybridized carbons (Fsp3) is 0.278. The van der Waals surface area contributed by atoms with Crippen molar-refractivity contribution < 1.29 is 9.15 Å². The molecule has 0 aliphatic carbocycles. The Balaban J connectivity index is 2.04. The summed E-state index contributed by atoms with van der Waals surface area (Å²) >= 11 is 0. The average Bonchev–Trinajstić information content (AvgIpc) is 2.53. The van der Waals surface area contributed by atoms with E-state index in [1.165, 1.54) is 6.07 Å². The SMILES string of the molecule is CCc1cc(=O)oc2nc(OC(C)c3ccccc3C)[nH]c(=O)c12. The van der Waals surface area contributed by atoms with Gasteiger partial charge in [-0.05, 0) is 37.0 Å². The van der Waals surface area contributed by atoms with E-state index in [0.29, 0.717) is 12.0 Å². The predicted octanol–water partition coefficient (Wildman–Crippen LogP) is 2.89. The summed E-state index contributed by atoms with van der Waals surface area (Å²) in [4.78, 5) is 30.7. The molecule has 2 aromatic heterocycles. The summed E-state index contributed by atoms with van der Waals surface area (Å²) in [7, 11) is 0. The van der Waals surface area contributed by atoms with Crippen molar-refractivity contribution in [1.29, 1.82) is 0 Å². The zero-order valence-electron chi connectivity index (χ0n) is 13.8. The Kier molecular flexibility index (Phi) is 4.20. The quantitative estimate of drug-likeness (QED) is 0.797. The van der Waals surface area contributed by atoms with Gasteiger partial charge < -0.3 is 9.15 Å². The first-order valence-corrected chi connectivity index (χ1v) is 7.78. The van der Waals surface area contributed by atoms with Gasteiger partial charge in [-0.15, -0.1) is 0 Å². The van der Waals surface area contributed by atoms with Crippen molar-refractivity contribution in [2.45, 2.75) is 33.3 Å². The number of aromatic amines is 1. The van der Waals surface area contributed by atoms with Gasteiger partial charge in [0.15, 0.2) is 0 Å². The Morgan fingerprint density at radius 1 is 1.29 bits per heavy atom. The number of nitrogens with one attached hydrogen (secondary N) is 1. The molecule has 0 amide bonds. The van der Waals surface area contributed by atoms with Crippen molar-refractivity contribution in [3.8, 4) is 6.01 Å². The molecule has 0 spiro atoms. The molecule has 3 rings (SSSR count). The van der Waals surface area contributed by atoms with Crippen LogP contribution in [0.1, 0.15) is 36.6 Å². The minimum absolute atomic E-state index is 0.00455. The highest BCUT2D eigenvalue weighted by molar-refractivity contribution is 5.75. The number of benzene rings is 1. The van der Waals surface area contributed by atoms with Crippen LogP contribution in [0.4, 0.5) is 0 Å². The van der Waals surface area contributed by atoms with Gasteiger partial charge in [-0.2, -0.15) is 4.98 Å². The van der Waals surface area contributed by atoms with Crippen LogP contribution in [0.5, 0.6) is 6.01 Å². The molecule has 6 heteroatoms.